The van der Waals surface area contributed by atoms with Crippen molar-refractivity contribution in [1.29, 1.82) is 0 Å². The van der Waals surface area contributed by atoms with Crippen LogP contribution in [-0.4, -0.2) is 24.6 Å². The molecule has 0 radical (unpaired) electrons. The average molecular weight is 297 g/mol. The first-order valence-corrected chi connectivity index (χ1v) is 7.83. The lowest BCUT2D eigenvalue weighted by Crippen LogP contribution is -2.36. The van der Waals surface area contributed by atoms with Gasteiger partial charge in [-0.3, -0.25) is 4.90 Å². The lowest BCUT2D eigenvalue weighted by Gasteiger charge is -2.36. The first-order chi connectivity index (χ1) is 10.7. The summed E-state index contributed by atoms with van der Waals surface area (Å²) in [4.78, 5) is 2.42. The van der Waals surface area contributed by atoms with Gasteiger partial charge < -0.3 is 4.74 Å². The summed E-state index contributed by atoms with van der Waals surface area (Å²) in [5.74, 6) is 0.806. The quantitative estimate of drug-likeness (QED) is 0.835. The van der Waals surface area contributed by atoms with Crippen molar-refractivity contribution in [1.82, 2.24) is 4.90 Å². The minimum Gasteiger partial charge on any atom is -0.493 e. The maximum absolute atomic E-state index is 14.3. The highest BCUT2D eigenvalue weighted by molar-refractivity contribution is 5.42. The highest BCUT2D eigenvalue weighted by atomic mass is 19.1. The van der Waals surface area contributed by atoms with Gasteiger partial charge in [0, 0.05) is 36.5 Å². The Labute approximate surface area is 130 Å². The van der Waals surface area contributed by atoms with Crippen molar-refractivity contribution in [3.05, 3.63) is 65.5 Å². The molecule has 0 unspecified atom stereocenters. The summed E-state index contributed by atoms with van der Waals surface area (Å²) >= 11 is 0. The van der Waals surface area contributed by atoms with Crippen molar-refractivity contribution in [3.63, 3.8) is 0 Å². The third-order valence-electron chi connectivity index (χ3n) is 5.03. The van der Waals surface area contributed by atoms with Gasteiger partial charge in [-0.25, -0.2) is 4.39 Å². The predicted octanol–water partition coefficient (Wildman–Crippen LogP) is 3.82. The molecular weight excluding hydrogens is 277 g/mol. The van der Waals surface area contributed by atoms with Crippen LogP contribution >= 0.6 is 0 Å². The number of nitrogens with zero attached hydrogens (tertiary/aromatic N) is 1. The molecule has 4 rings (SSSR count). The van der Waals surface area contributed by atoms with Crippen LogP contribution < -0.4 is 4.74 Å². The van der Waals surface area contributed by atoms with Crippen LogP contribution in [0.5, 0.6) is 5.75 Å². The fraction of sp³-hybridized carbons (Fsp3) is 0.368. The summed E-state index contributed by atoms with van der Waals surface area (Å²) in [6.45, 7) is 5.64. The van der Waals surface area contributed by atoms with Crippen molar-refractivity contribution in [3.8, 4) is 5.75 Å². The van der Waals surface area contributed by atoms with Gasteiger partial charge in [-0.1, -0.05) is 43.3 Å². The minimum absolute atomic E-state index is 0.00995. The lowest BCUT2D eigenvalue weighted by atomic mass is 9.74. The molecule has 0 bridgehead atoms. The lowest BCUT2D eigenvalue weighted by molar-refractivity contribution is 0.125. The van der Waals surface area contributed by atoms with Crippen molar-refractivity contribution in [2.75, 3.05) is 19.7 Å². The van der Waals surface area contributed by atoms with E-state index in [1.165, 1.54) is 5.56 Å². The molecule has 0 amide bonds. The van der Waals surface area contributed by atoms with Gasteiger partial charge in [0.1, 0.15) is 11.6 Å². The summed E-state index contributed by atoms with van der Waals surface area (Å²) < 4.78 is 20.2. The molecule has 0 saturated carbocycles. The Balaban J connectivity index is 1.62. The number of likely N-dealkylation sites (tertiary alicyclic amines) is 1. The molecule has 1 saturated heterocycles. The molecule has 0 aliphatic carbocycles. The summed E-state index contributed by atoms with van der Waals surface area (Å²) in [6, 6.07) is 15.6. The van der Waals surface area contributed by atoms with E-state index in [0.717, 1.165) is 30.9 Å². The molecular formula is C19H20FNO. The van der Waals surface area contributed by atoms with E-state index in [1.807, 2.05) is 12.1 Å². The molecule has 2 heterocycles. The number of benzene rings is 2. The summed E-state index contributed by atoms with van der Waals surface area (Å²) in [5.41, 5.74) is 2.07. The molecule has 114 valence electrons. The maximum atomic E-state index is 14.3. The Morgan fingerprint density at radius 2 is 2.00 bits per heavy atom. The van der Waals surface area contributed by atoms with Gasteiger partial charge in [0.2, 0.25) is 0 Å². The zero-order valence-electron chi connectivity index (χ0n) is 12.8. The zero-order valence-corrected chi connectivity index (χ0v) is 12.8. The van der Waals surface area contributed by atoms with E-state index in [2.05, 4.69) is 36.1 Å². The van der Waals surface area contributed by atoms with Crippen LogP contribution in [0, 0.1) is 11.2 Å². The second-order valence-corrected chi connectivity index (χ2v) is 6.80. The molecule has 2 aromatic carbocycles. The first-order valence-electron chi connectivity index (χ1n) is 7.83. The molecule has 22 heavy (non-hydrogen) atoms. The third kappa shape index (κ3) is 2.20. The molecule has 0 aromatic heterocycles. The van der Waals surface area contributed by atoms with Gasteiger partial charge >= 0.3 is 0 Å². The van der Waals surface area contributed by atoms with Gasteiger partial charge in [-0.2, -0.15) is 0 Å². The standard InChI is InChI=1S/C19H20FNO/c1-19-12-21(10-14-6-3-2-4-7-14)11-15(19)18-16(20)8-5-9-17(18)22-13-19/h2-9,15H,10-13H2,1H3/t15-,19-/m1/s1. The van der Waals surface area contributed by atoms with Crippen LogP contribution in [0.1, 0.15) is 24.0 Å². The second-order valence-electron chi connectivity index (χ2n) is 6.80. The average Bonchev–Trinajstić information content (AvgIpc) is 2.84. The molecule has 3 heteroatoms. The second kappa shape index (κ2) is 5.10. The van der Waals surface area contributed by atoms with E-state index in [0.29, 0.717) is 6.61 Å². The number of hydrogen-bond acceptors (Lipinski definition) is 2. The fourth-order valence-electron chi connectivity index (χ4n) is 3.94. The van der Waals surface area contributed by atoms with E-state index < -0.39 is 0 Å². The number of halogens is 1. The molecule has 0 N–H and O–H groups in total. The number of rotatable bonds is 2. The predicted molar refractivity (Wildman–Crippen MR) is 84.5 cm³/mol. The summed E-state index contributed by atoms with van der Waals surface area (Å²) in [7, 11) is 0. The van der Waals surface area contributed by atoms with Gasteiger partial charge in [-0.05, 0) is 17.7 Å². The number of ether oxygens (including phenoxy) is 1. The summed E-state index contributed by atoms with van der Waals surface area (Å²) in [6.07, 6.45) is 0. The summed E-state index contributed by atoms with van der Waals surface area (Å²) in [5, 5.41) is 0. The molecule has 2 atom stereocenters. The largest absolute Gasteiger partial charge is 0.493 e. The SMILES string of the molecule is C[C@@]12COc3cccc(F)c3[C@H]1CN(Cc1ccccc1)C2. The molecule has 2 aromatic rings. The Kier molecular flexibility index (Phi) is 3.19. The Hall–Kier alpha value is -1.87. The van der Waals surface area contributed by atoms with Crippen molar-refractivity contribution in [2.45, 2.75) is 19.4 Å². The maximum Gasteiger partial charge on any atom is 0.130 e. The number of hydrogen-bond donors (Lipinski definition) is 0. The Morgan fingerprint density at radius 3 is 2.82 bits per heavy atom. The highest BCUT2D eigenvalue weighted by Gasteiger charge is 2.48. The first kappa shape index (κ1) is 13.8. The van der Waals surface area contributed by atoms with Gasteiger partial charge in [0.05, 0.1) is 6.61 Å². The van der Waals surface area contributed by atoms with Crippen LogP contribution in [0.4, 0.5) is 4.39 Å². The van der Waals surface area contributed by atoms with Crippen LogP contribution in [0.25, 0.3) is 0 Å². The zero-order chi connectivity index (χ0) is 15.2. The molecule has 0 spiro atoms. The molecule has 1 fully saturated rings. The molecule has 2 aliphatic rings. The smallest absolute Gasteiger partial charge is 0.130 e. The fourth-order valence-corrected chi connectivity index (χ4v) is 3.94. The van der Waals surface area contributed by atoms with Gasteiger partial charge in [0.15, 0.2) is 0 Å². The normalized spacial score (nSPS) is 27.1. The Bertz CT molecular complexity index is 687. The van der Waals surface area contributed by atoms with E-state index in [9.17, 15) is 4.39 Å². The Morgan fingerprint density at radius 1 is 1.18 bits per heavy atom. The van der Waals surface area contributed by atoms with E-state index in [-0.39, 0.29) is 17.2 Å². The van der Waals surface area contributed by atoms with Crippen molar-refractivity contribution < 1.29 is 9.13 Å². The van der Waals surface area contributed by atoms with Crippen LogP contribution in [-0.2, 0) is 6.54 Å². The monoisotopic (exact) mass is 297 g/mol. The molecule has 2 nitrogen and oxygen atoms in total. The van der Waals surface area contributed by atoms with E-state index in [4.69, 9.17) is 4.74 Å². The minimum atomic E-state index is -0.130. The van der Waals surface area contributed by atoms with Gasteiger partial charge in [0.25, 0.3) is 0 Å². The number of fused-ring (bicyclic) bond motifs is 3. The van der Waals surface area contributed by atoms with Crippen LogP contribution in [0.15, 0.2) is 48.5 Å². The van der Waals surface area contributed by atoms with Crippen LogP contribution in [0.2, 0.25) is 0 Å². The van der Waals surface area contributed by atoms with Crippen molar-refractivity contribution in [2.24, 2.45) is 5.41 Å². The van der Waals surface area contributed by atoms with Crippen LogP contribution in [0.3, 0.4) is 0 Å². The molecule has 2 aliphatic heterocycles. The van der Waals surface area contributed by atoms with E-state index in [1.54, 1.807) is 12.1 Å². The highest BCUT2D eigenvalue weighted by Crippen LogP contribution is 2.50. The topological polar surface area (TPSA) is 12.5 Å². The third-order valence-corrected chi connectivity index (χ3v) is 5.03. The van der Waals surface area contributed by atoms with E-state index >= 15 is 0 Å². The van der Waals surface area contributed by atoms with Gasteiger partial charge in [-0.15, -0.1) is 0 Å². The van der Waals surface area contributed by atoms with Crippen molar-refractivity contribution >= 4 is 0 Å².